The van der Waals surface area contributed by atoms with Crippen LogP contribution in [0.15, 0.2) is 34.1 Å². The van der Waals surface area contributed by atoms with Crippen molar-refractivity contribution in [2.24, 2.45) is 5.92 Å². The molecule has 2 aliphatic rings. The van der Waals surface area contributed by atoms with E-state index in [2.05, 4.69) is 10.0 Å². The summed E-state index contributed by atoms with van der Waals surface area (Å²) >= 11 is 0. The van der Waals surface area contributed by atoms with Crippen molar-refractivity contribution in [1.29, 1.82) is 0 Å². The van der Waals surface area contributed by atoms with Crippen molar-refractivity contribution < 1.29 is 16.8 Å². The zero-order chi connectivity index (χ0) is 17.9. The third kappa shape index (κ3) is 4.76. The Morgan fingerprint density at radius 3 is 2.35 bits per heavy atom. The van der Waals surface area contributed by atoms with Crippen LogP contribution in [0.3, 0.4) is 0 Å². The molecule has 148 valence electrons. The van der Waals surface area contributed by atoms with E-state index in [1.807, 2.05) is 0 Å². The number of halogens is 1. The van der Waals surface area contributed by atoms with Gasteiger partial charge < -0.3 is 5.32 Å². The predicted octanol–water partition coefficient (Wildman–Crippen LogP) is 1.17. The first-order valence-corrected chi connectivity index (χ1v) is 11.6. The highest BCUT2D eigenvalue weighted by molar-refractivity contribution is 7.92. The summed E-state index contributed by atoms with van der Waals surface area (Å²) in [7, 11) is -7.66. The largest absolute Gasteiger partial charge is 0.316 e. The highest BCUT2D eigenvalue weighted by Crippen LogP contribution is 2.26. The van der Waals surface area contributed by atoms with Crippen LogP contribution in [0, 0.1) is 5.92 Å². The van der Waals surface area contributed by atoms with Crippen LogP contribution in [0.4, 0.5) is 0 Å². The second-order valence-electron chi connectivity index (χ2n) is 6.60. The molecule has 0 saturated carbocycles. The minimum absolute atomic E-state index is 0. The lowest BCUT2D eigenvalue weighted by molar-refractivity contribution is 0.474. The van der Waals surface area contributed by atoms with Crippen LogP contribution in [-0.2, 0) is 20.0 Å². The van der Waals surface area contributed by atoms with Crippen molar-refractivity contribution in [2.45, 2.75) is 35.5 Å². The molecule has 26 heavy (non-hydrogen) atoms. The molecule has 0 aliphatic carbocycles. The Bertz CT molecular complexity index is 803. The van der Waals surface area contributed by atoms with Gasteiger partial charge in [-0.3, -0.25) is 0 Å². The number of benzene rings is 1. The van der Waals surface area contributed by atoms with E-state index in [0.29, 0.717) is 25.6 Å². The highest BCUT2D eigenvalue weighted by Gasteiger charge is 2.32. The number of hydrogen-bond donors (Lipinski definition) is 2. The van der Waals surface area contributed by atoms with Crippen molar-refractivity contribution in [1.82, 2.24) is 14.3 Å². The number of hydrogen-bond acceptors (Lipinski definition) is 5. The molecular formula is C16H26ClN3O4S2. The van der Waals surface area contributed by atoms with E-state index in [1.165, 1.54) is 16.4 Å². The van der Waals surface area contributed by atoms with Gasteiger partial charge in [0, 0.05) is 19.6 Å². The van der Waals surface area contributed by atoms with Gasteiger partial charge in [-0.15, -0.1) is 12.4 Å². The third-order valence-electron chi connectivity index (χ3n) is 4.83. The van der Waals surface area contributed by atoms with Gasteiger partial charge in [0.2, 0.25) is 20.0 Å². The first kappa shape index (κ1) is 21.6. The van der Waals surface area contributed by atoms with Crippen LogP contribution in [0.5, 0.6) is 0 Å². The minimum Gasteiger partial charge on any atom is -0.316 e. The van der Waals surface area contributed by atoms with E-state index in [-0.39, 0.29) is 22.2 Å². The fourth-order valence-electron chi connectivity index (χ4n) is 3.39. The minimum atomic E-state index is -3.87. The molecule has 3 rings (SSSR count). The zero-order valence-corrected chi connectivity index (χ0v) is 17.0. The molecule has 1 atom stereocenters. The molecule has 7 nitrogen and oxygen atoms in total. The van der Waals surface area contributed by atoms with Crippen LogP contribution >= 0.6 is 12.4 Å². The number of nitrogens with one attached hydrogen (secondary N) is 2. The smallest absolute Gasteiger partial charge is 0.244 e. The fourth-order valence-corrected chi connectivity index (χ4v) is 6.76. The van der Waals surface area contributed by atoms with Crippen molar-refractivity contribution in [3.05, 3.63) is 24.3 Å². The zero-order valence-electron chi connectivity index (χ0n) is 14.6. The predicted molar refractivity (Wildman–Crippen MR) is 102 cm³/mol. The molecule has 2 fully saturated rings. The molecule has 2 N–H and O–H groups in total. The molecule has 0 spiro atoms. The molecule has 2 aliphatic heterocycles. The lowest BCUT2D eigenvalue weighted by Crippen LogP contribution is -2.32. The van der Waals surface area contributed by atoms with Gasteiger partial charge in [-0.05, 0) is 56.8 Å². The summed E-state index contributed by atoms with van der Waals surface area (Å²) in [5, 5.41) is 3.25. The standard InChI is InChI=1S/C16H25N3O4S2.ClH/c20-24(21,18-10-8-14-7-9-17-13-14)15-5-1-2-6-16(15)25(22,23)19-11-3-4-12-19;/h1-2,5-6,14,17-18H,3-4,7-13H2;1H. The van der Waals surface area contributed by atoms with Gasteiger partial charge in [-0.25, -0.2) is 21.6 Å². The quantitative estimate of drug-likeness (QED) is 0.686. The number of nitrogens with zero attached hydrogens (tertiary/aromatic N) is 1. The Balaban J connectivity index is 0.00000243. The van der Waals surface area contributed by atoms with Gasteiger partial charge in [0.05, 0.1) is 0 Å². The summed E-state index contributed by atoms with van der Waals surface area (Å²) in [5.74, 6) is 0.464. The van der Waals surface area contributed by atoms with E-state index in [4.69, 9.17) is 0 Å². The van der Waals surface area contributed by atoms with Crippen molar-refractivity contribution in [2.75, 3.05) is 32.7 Å². The van der Waals surface area contributed by atoms with Crippen molar-refractivity contribution in [3.8, 4) is 0 Å². The van der Waals surface area contributed by atoms with Gasteiger partial charge >= 0.3 is 0 Å². The Labute approximate surface area is 162 Å². The topological polar surface area (TPSA) is 95.6 Å². The molecule has 1 aromatic rings. The second-order valence-corrected chi connectivity index (χ2v) is 10.2. The lowest BCUT2D eigenvalue weighted by Gasteiger charge is -2.18. The van der Waals surface area contributed by atoms with E-state index in [9.17, 15) is 16.8 Å². The third-order valence-corrected chi connectivity index (χ3v) is 8.43. The van der Waals surface area contributed by atoms with E-state index < -0.39 is 20.0 Å². The monoisotopic (exact) mass is 423 g/mol. The fraction of sp³-hybridized carbons (Fsp3) is 0.625. The van der Waals surface area contributed by atoms with Crippen molar-refractivity contribution >= 4 is 32.5 Å². The highest BCUT2D eigenvalue weighted by atomic mass is 35.5. The van der Waals surface area contributed by atoms with Crippen molar-refractivity contribution in [3.63, 3.8) is 0 Å². The summed E-state index contributed by atoms with van der Waals surface area (Å²) in [6, 6.07) is 5.86. The van der Waals surface area contributed by atoms with Crippen LogP contribution in [0.1, 0.15) is 25.7 Å². The Hall–Kier alpha value is -0.710. The molecule has 10 heteroatoms. The molecule has 2 saturated heterocycles. The molecule has 2 heterocycles. The average Bonchev–Trinajstić information content (AvgIpc) is 3.28. The SMILES string of the molecule is Cl.O=S(=O)(NCCC1CCNC1)c1ccccc1S(=O)(=O)N1CCCC1. The Morgan fingerprint density at radius 2 is 1.73 bits per heavy atom. The van der Waals surface area contributed by atoms with Gasteiger partial charge in [-0.1, -0.05) is 12.1 Å². The maximum Gasteiger partial charge on any atom is 0.244 e. The molecule has 1 aromatic carbocycles. The van der Waals surface area contributed by atoms with Crippen LogP contribution in [-0.4, -0.2) is 53.9 Å². The average molecular weight is 424 g/mol. The second kappa shape index (κ2) is 8.99. The van der Waals surface area contributed by atoms with Gasteiger partial charge in [0.25, 0.3) is 0 Å². The summed E-state index contributed by atoms with van der Waals surface area (Å²) < 4.78 is 54.9. The van der Waals surface area contributed by atoms with E-state index in [1.54, 1.807) is 12.1 Å². The molecule has 0 amide bonds. The van der Waals surface area contributed by atoms with E-state index in [0.717, 1.165) is 38.8 Å². The summed E-state index contributed by atoms with van der Waals surface area (Å²) in [4.78, 5) is -0.293. The summed E-state index contributed by atoms with van der Waals surface area (Å²) in [5.41, 5.74) is 0. The van der Waals surface area contributed by atoms with Gasteiger partial charge in [0.1, 0.15) is 9.79 Å². The summed E-state index contributed by atoms with van der Waals surface area (Å²) in [6.45, 7) is 3.07. The number of rotatable bonds is 7. The Kier molecular flexibility index (Phi) is 7.46. The lowest BCUT2D eigenvalue weighted by atomic mass is 10.1. The van der Waals surface area contributed by atoms with Crippen LogP contribution in [0.25, 0.3) is 0 Å². The number of sulfonamides is 2. The molecule has 0 aromatic heterocycles. The van der Waals surface area contributed by atoms with E-state index >= 15 is 0 Å². The molecule has 0 bridgehead atoms. The molecular weight excluding hydrogens is 398 g/mol. The maximum atomic E-state index is 12.8. The Morgan fingerprint density at radius 1 is 1.08 bits per heavy atom. The molecule has 0 radical (unpaired) electrons. The summed E-state index contributed by atoms with van der Waals surface area (Å²) in [6.07, 6.45) is 3.40. The van der Waals surface area contributed by atoms with Gasteiger partial charge in [-0.2, -0.15) is 4.31 Å². The van der Waals surface area contributed by atoms with Gasteiger partial charge in [0.15, 0.2) is 0 Å². The van der Waals surface area contributed by atoms with Crippen LogP contribution in [0.2, 0.25) is 0 Å². The first-order chi connectivity index (χ1) is 11.9. The first-order valence-electron chi connectivity index (χ1n) is 8.71. The normalized spacial score (nSPS) is 21.6. The molecule has 1 unspecified atom stereocenters. The van der Waals surface area contributed by atoms with Crippen LogP contribution < -0.4 is 10.0 Å². The maximum absolute atomic E-state index is 12.8.